The molecule has 0 bridgehead atoms. The van der Waals surface area contributed by atoms with Crippen molar-refractivity contribution in [2.45, 2.75) is 18.7 Å². The highest BCUT2D eigenvalue weighted by Crippen LogP contribution is 2.27. The normalized spacial score (nSPS) is 9.71. The highest BCUT2D eigenvalue weighted by molar-refractivity contribution is 9.08. The van der Waals surface area contributed by atoms with Crippen molar-refractivity contribution in [1.29, 1.82) is 5.26 Å². The first kappa shape index (κ1) is 13.5. The molecular formula is C12H12BrNO3. The summed E-state index contributed by atoms with van der Waals surface area (Å²) in [6, 6.07) is 5.11. The molecule has 0 aliphatic heterocycles. The Labute approximate surface area is 108 Å². The number of carbonyl (C=O) groups excluding carboxylic acids is 1. The van der Waals surface area contributed by atoms with Gasteiger partial charge in [-0.25, -0.2) is 0 Å². The molecule has 1 aromatic rings. The number of phenolic OH excluding ortho intramolecular Hbond substituents is 1. The van der Waals surface area contributed by atoms with E-state index in [1.807, 2.05) is 6.07 Å². The van der Waals surface area contributed by atoms with Crippen molar-refractivity contribution in [1.82, 2.24) is 0 Å². The lowest BCUT2D eigenvalue weighted by Gasteiger charge is -2.10. The zero-order valence-corrected chi connectivity index (χ0v) is 11.0. The smallest absolute Gasteiger partial charge is 0.310 e. The van der Waals surface area contributed by atoms with E-state index in [4.69, 9.17) is 10.00 Å². The molecule has 1 aromatic carbocycles. The topological polar surface area (TPSA) is 70.3 Å². The predicted octanol–water partition coefficient (Wildman–Crippen LogP) is 2.26. The number of esters is 1. The van der Waals surface area contributed by atoms with Crippen molar-refractivity contribution in [2.75, 3.05) is 6.61 Å². The number of rotatable bonds is 4. The Morgan fingerprint density at radius 2 is 2.29 bits per heavy atom. The number of benzene rings is 1. The standard InChI is InChI=1S/C12H12BrNO3/c1-2-17-11(15)5-10-8(6-13)3-4-9(7-14)12(10)16/h3-4,16H,2,5-6H2,1H3. The van der Waals surface area contributed by atoms with E-state index < -0.39 is 5.97 Å². The number of halogens is 1. The van der Waals surface area contributed by atoms with Gasteiger partial charge in [-0.05, 0) is 18.6 Å². The van der Waals surface area contributed by atoms with Crippen LogP contribution in [0.5, 0.6) is 5.75 Å². The molecule has 4 nitrogen and oxygen atoms in total. The largest absolute Gasteiger partial charge is 0.506 e. The summed E-state index contributed by atoms with van der Waals surface area (Å²) in [4.78, 5) is 11.4. The SMILES string of the molecule is CCOC(=O)Cc1c(CBr)ccc(C#N)c1O. The summed E-state index contributed by atoms with van der Waals surface area (Å²) >= 11 is 3.27. The van der Waals surface area contributed by atoms with Crippen LogP contribution in [0.1, 0.15) is 23.6 Å². The molecule has 0 aliphatic carbocycles. The molecule has 0 heterocycles. The summed E-state index contributed by atoms with van der Waals surface area (Å²) in [6.07, 6.45) is -0.0316. The summed E-state index contributed by atoms with van der Waals surface area (Å²) in [5.41, 5.74) is 1.38. The summed E-state index contributed by atoms with van der Waals surface area (Å²) in [5.74, 6) is -0.558. The molecular weight excluding hydrogens is 286 g/mol. The molecule has 0 spiro atoms. The Kier molecular flexibility index (Phi) is 4.98. The van der Waals surface area contributed by atoms with Crippen molar-refractivity contribution in [2.24, 2.45) is 0 Å². The zero-order chi connectivity index (χ0) is 12.8. The number of nitriles is 1. The highest BCUT2D eigenvalue weighted by Gasteiger charge is 2.15. The van der Waals surface area contributed by atoms with Gasteiger partial charge >= 0.3 is 5.97 Å². The van der Waals surface area contributed by atoms with Crippen LogP contribution in [0.3, 0.4) is 0 Å². The third kappa shape index (κ3) is 3.21. The predicted molar refractivity (Wildman–Crippen MR) is 65.8 cm³/mol. The molecule has 1 rings (SSSR count). The van der Waals surface area contributed by atoms with Crippen molar-refractivity contribution in [3.8, 4) is 11.8 Å². The average Bonchev–Trinajstić information content (AvgIpc) is 2.32. The Balaban J connectivity index is 3.11. The molecule has 0 aromatic heterocycles. The van der Waals surface area contributed by atoms with E-state index in [0.29, 0.717) is 17.5 Å². The first-order chi connectivity index (χ1) is 8.13. The van der Waals surface area contributed by atoms with Gasteiger partial charge in [0.15, 0.2) is 0 Å². The number of hydrogen-bond acceptors (Lipinski definition) is 4. The van der Waals surface area contributed by atoms with E-state index in [0.717, 1.165) is 5.56 Å². The second-order valence-electron chi connectivity index (χ2n) is 3.33. The van der Waals surface area contributed by atoms with Crippen LogP contribution in [-0.4, -0.2) is 17.7 Å². The van der Waals surface area contributed by atoms with Gasteiger partial charge in [0.05, 0.1) is 18.6 Å². The number of nitrogens with zero attached hydrogens (tertiary/aromatic N) is 1. The van der Waals surface area contributed by atoms with Crippen LogP contribution in [0.25, 0.3) is 0 Å². The van der Waals surface area contributed by atoms with Crippen LogP contribution < -0.4 is 0 Å². The third-order valence-corrected chi connectivity index (χ3v) is 2.87. The molecule has 5 heteroatoms. The van der Waals surface area contributed by atoms with Crippen molar-refractivity contribution >= 4 is 21.9 Å². The maximum absolute atomic E-state index is 11.4. The fraction of sp³-hybridized carbons (Fsp3) is 0.333. The molecule has 0 fully saturated rings. The minimum absolute atomic E-state index is 0.0316. The minimum Gasteiger partial charge on any atom is -0.506 e. The number of ether oxygens (including phenoxy) is 1. The molecule has 0 aliphatic rings. The maximum Gasteiger partial charge on any atom is 0.310 e. The van der Waals surface area contributed by atoms with E-state index in [1.165, 1.54) is 6.07 Å². The van der Waals surface area contributed by atoms with Crippen LogP contribution >= 0.6 is 15.9 Å². The van der Waals surface area contributed by atoms with E-state index in [2.05, 4.69) is 15.9 Å². The lowest BCUT2D eigenvalue weighted by molar-refractivity contribution is -0.142. The Morgan fingerprint density at radius 1 is 1.59 bits per heavy atom. The fourth-order valence-electron chi connectivity index (χ4n) is 1.45. The maximum atomic E-state index is 11.4. The third-order valence-electron chi connectivity index (χ3n) is 2.27. The van der Waals surface area contributed by atoms with Crippen molar-refractivity contribution in [3.63, 3.8) is 0 Å². The van der Waals surface area contributed by atoms with Gasteiger partial charge in [0, 0.05) is 10.9 Å². The van der Waals surface area contributed by atoms with Gasteiger partial charge in [0.25, 0.3) is 0 Å². The van der Waals surface area contributed by atoms with Gasteiger partial charge in [-0.3, -0.25) is 4.79 Å². The van der Waals surface area contributed by atoms with Gasteiger partial charge in [0.2, 0.25) is 0 Å². The summed E-state index contributed by atoms with van der Waals surface area (Å²) in [7, 11) is 0. The number of phenols is 1. The Bertz CT molecular complexity index is 466. The lowest BCUT2D eigenvalue weighted by Crippen LogP contribution is -2.09. The summed E-state index contributed by atoms with van der Waals surface area (Å²) in [6.45, 7) is 2.01. The van der Waals surface area contributed by atoms with E-state index in [9.17, 15) is 9.90 Å². The molecule has 1 N–H and O–H groups in total. The van der Waals surface area contributed by atoms with E-state index >= 15 is 0 Å². The quantitative estimate of drug-likeness (QED) is 0.684. The highest BCUT2D eigenvalue weighted by atomic mass is 79.9. The minimum atomic E-state index is -0.417. The fourth-order valence-corrected chi connectivity index (χ4v) is 1.97. The van der Waals surface area contributed by atoms with Gasteiger partial charge in [0.1, 0.15) is 11.8 Å². The molecule has 0 unspecified atom stereocenters. The zero-order valence-electron chi connectivity index (χ0n) is 9.36. The molecule has 0 saturated carbocycles. The Hall–Kier alpha value is -1.54. The van der Waals surface area contributed by atoms with Gasteiger partial charge in [-0.15, -0.1) is 0 Å². The van der Waals surface area contributed by atoms with Crippen LogP contribution in [0.4, 0.5) is 0 Å². The first-order valence-corrected chi connectivity index (χ1v) is 6.21. The molecule has 0 saturated heterocycles. The van der Waals surface area contributed by atoms with E-state index in [1.54, 1.807) is 13.0 Å². The van der Waals surface area contributed by atoms with Crippen molar-refractivity contribution < 1.29 is 14.6 Å². The number of carbonyl (C=O) groups is 1. The molecule has 0 amide bonds. The average molecular weight is 298 g/mol. The Morgan fingerprint density at radius 3 is 2.82 bits per heavy atom. The first-order valence-electron chi connectivity index (χ1n) is 5.09. The molecule has 0 radical (unpaired) electrons. The monoisotopic (exact) mass is 297 g/mol. The van der Waals surface area contributed by atoms with Gasteiger partial charge < -0.3 is 9.84 Å². The number of aromatic hydroxyl groups is 1. The summed E-state index contributed by atoms with van der Waals surface area (Å²) in [5, 5.41) is 19.2. The van der Waals surface area contributed by atoms with Crippen LogP contribution in [0.2, 0.25) is 0 Å². The molecule has 90 valence electrons. The second-order valence-corrected chi connectivity index (χ2v) is 3.89. The summed E-state index contributed by atoms with van der Waals surface area (Å²) < 4.78 is 4.83. The number of hydrogen-bond donors (Lipinski definition) is 1. The van der Waals surface area contributed by atoms with Crippen LogP contribution in [-0.2, 0) is 21.3 Å². The van der Waals surface area contributed by atoms with Gasteiger partial charge in [-0.1, -0.05) is 22.0 Å². The van der Waals surface area contributed by atoms with Gasteiger partial charge in [-0.2, -0.15) is 5.26 Å². The van der Waals surface area contributed by atoms with Crippen LogP contribution in [0, 0.1) is 11.3 Å². The number of alkyl halides is 1. The lowest BCUT2D eigenvalue weighted by atomic mass is 10.0. The molecule has 17 heavy (non-hydrogen) atoms. The van der Waals surface area contributed by atoms with Crippen LogP contribution in [0.15, 0.2) is 12.1 Å². The van der Waals surface area contributed by atoms with Crippen molar-refractivity contribution in [3.05, 3.63) is 28.8 Å². The van der Waals surface area contributed by atoms with E-state index in [-0.39, 0.29) is 17.7 Å². The molecule has 0 atom stereocenters. The second kappa shape index (κ2) is 6.26.